The molecule has 7 heteroatoms. The summed E-state index contributed by atoms with van der Waals surface area (Å²) in [5, 5.41) is 5.20. The zero-order chi connectivity index (χ0) is 25.9. The van der Waals surface area contributed by atoms with Crippen molar-refractivity contribution >= 4 is 63.6 Å². The van der Waals surface area contributed by atoms with Crippen molar-refractivity contribution < 1.29 is 4.58 Å². The number of pyridine rings is 1. The lowest BCUT2D eigenvalue weighted by atomic mass is 10.1. The summed E-state index contributed by atoms with van der Waals surface area (Å²) in [5.74, 6) is 2.54. The monoisotopic (exact) mass is 510 g/mol. The maximum Gasteiger partial charge on any atom is 0.474 e. The number of benzene rings is 3. The average molecular weight is 511 g/mol. The van der Waals surface area contributed by atoms with E-state index in [-0.39, 0.29) is 0 Å². The van der Waals surface area contributed by atoms with Gasteiger partial charge in [0.2, 0.25) is 0 Å². The summed E-state index contributed by atoms with van der Waals surface area (Å²) in [5.41, 5.74) is 3.40. The number of rotatable bonds is 4. The quantitative estimate of drug-likeness (QED) is 0.245. The minimum atomic E-state index is -2.07. The van der Waals surface area contributed by atoms with Crippen LogP contribution in [0.1, 0.15) is 0 Å². The molecule has 6 aromatic rings. The van der Waals surface area contributed by atoms with Crippen molar-refractivity contribution in [1.82, 2.24) is 24.1 Å². The van der Waals surface area contributed by atoms with Crippen molar-refractivity contribution in [1.29, 1.82) is 0 Å². The van der Waals surface area contributed by atoms with Crippen molar-refractivity contribution in [2.24, 2.45) is 0 Å². The van der Waals surface area contributed by atoms with Gasteiger partial charge in [0.1, 0.15) is 20.9 Å². The van der Waals surface area contributed by atoms with Gasteiger partial charge in [-0.15, -0.1) is 4.58 Å². The molecule has 0 aliphatic carbocycles. The normalized spacial score (nSPS) is 13.0. The van der Waals surface area contributed by atoms with E-state index in [2.05, 4.69) is 106 Å². The molecule has 0 spiro atoms. The highest BCUT2D eigenvalue weighted by Gasteiger charge is 2.35. The number of nitrogens with zero attached hydrogens (tertiary/aromatic N) is 6. The summed E-state index contributed by atoms with van der Waals surface area (Å²) in [6, 6.07) is 33.8. The van der Waals surface area contributed by atoms with Crippen molar-refractivity contribution in [3.05, 3.63) is 104 Å². The summed E-state index contributed by atoms with van der Waals surface area (Å²) in [6.45, 7) is 4.83. The summed E-state index contributed by atoms with van der Waals surface area (Å²) in [6.07, 6.45) is 5.30. The van der Waals surface area contributed by atoms with Crippen LogP contribution in [0.15, 0.2) is 104 Å². The van der Waals surface area contributed by atoms with Gasteiger partial charge in [-0.2, -0.15) is 4.98 Å². The molecule has 0 atom stereocenters. The molecule has 0 unspecified atom stereocenters. The van der Waals surface area contributed by atoms with Crippen LogP contribution in [0.25, 0.3) is 27.6 Å². The molecule has 38 heavy (non-hydrogen) atoms. The Balaban J connectivity index is 1.38. The summed E-state index contributed by atoms with van der Waals surface area (Å²) < 4.78 is 6.18. The Bertz CT molecular complexity index is 1950. The maximum atomic E-state index is 4.70. The first kappa shape index (κ1) is 22.5. The molecule has 0 bridgehead atoms. The Morgan fingerprint density at radius 2 is 1.45 bits per heavy atom. The molecule has 4 heterocycles. The molecule has 3 aromatic carbocycles. The highest BCUT2D eigenvalue weighted by molar-refractivity contribution is 7.00. The first-order chi connectivity index (χ1) is 18.5. The molecule has 0 saturated heterocycles. The Labute approximate surface area is 221 Å². The van der Waals surface area contributed by atoms with Gasteiger partial charge in [-0.1, -0.05) is 71.4 Å². The molecule has 1 aliphatic rings. The first-order valence-corrected chi connectivity index (χ1v) is 15.7. The predicted molar refractivity (Wildman–Crippen MR) is 156 cm³/mol. The van der Waals surface area contributed by atoms with Crippen LogP contribution >= 0.6 is 0 Å². The van der Waals surface area contributed by atoms with Gasteiger partial charge in [0.25, 0.3) is 0 Å². The van der Waals surface area contributed by atoms with E-state index in [1.807, 2.05) is 34.5 Å². The fourth-order valence-electron chi connectivity index (χ4n) is 5.43. The first-order valence-electron chi connectivity index (χ1n) is 12.7. The topological polar surface area (TPSA) is 49.6 Å². The van der Waals surface area contributed by atoms with Crippen LogP contribution < -0.4 is 14.9 Å². The van der Waals surface area contributed by atoms with E-state index in [0.717, 1.165) is 23.1 Å². The van der Waals surface area contributed by atoms with E-state index in [1.165, 1.54) is 32.2 Å². The third-order valence-corrected chi connectivity index (χ3v) is 11.0. The summed E-state index contributed by atoms with van der Waals surface area (Å²) >= 11 is 0. The molecular formula is C31H26N6Si+2. The second-order valence-corrected chi connectivity index (χ2v) is 14.6. The Morgan fingerprint density at radius 3 is 2.29 bits per heavy atom. The fourth-order valence-corrected chi connectivity index (χ4v) is 7.79. The second-order valence-electron chi connectivity index (χ2n) is 10.1. The zero-order valence-electron chi connectivity index (χ0n) is 21.5. The van der Waals surface area contributed by atoms with Gasteiger partial charge in [0.15, 0.2) is 11.9 Å². The van der Waals surface area contributed by atoms with Crippen molar-refractivity contribution in [2.75, 3.05) is 7.05 Å². The molecule has 182 valence electrons. The number of fused-ring (bicyclic) bond motifs is 4. The minimum Gasteiger partial charge on any atom is -0.294 e. The Kier molecular flexibility index (Phi) is 4.98. The van der Waals surface area contributed by atoms with Gasteiger partial charge in [0.05, 0.1) is 17.2 Å². The van der Waals surface area contributed by atoms with E-state index in [0.29, 0.717) is 0 Å². The molecule has 0 N–H and O–H groups in total. The average Bonchev–Trinajstić information content (AvgIpc) is 3.48. The van der Waals surface area contributed by atoms with Gasteiger partial charge in [0, 0.05) is 22.0 Å². The van der Waals surface area contributed by atoms with Crippen molar-refractivity contribution in [2.45, 2.75) is 13.1 Å². The van der Waals surface area contributed by atoms with E-state index < -0.39 is 8.07 Å². The molecule has 1 aliphatic heterocycles. The standard InChI is InChI=1S/C31H26N6Si/c1-35-21-36(31-30(35)33-17-18-34-31)22-9-8-10-23(19-22)38(2,3)24-14-15-26-25-11-4-5-12-27(25)37(28(26)20-24)29-13-6-7-16-32-29/h4-20H,1-3H3/q+2. The Morgan fingerprint density at radius 1 is 0.684 bits per heavy atom. The van der Waals surface area contributed by atoms with Crippen LogP contribution in [0, 0.1) is 0 Å². The van der Waals surface area contributed by atoms with Gasteiger partial charge in [-0.05, 0) is 41.6 Å². The lowest BCUT2D eigenvalue weighted by molar-refractivity contribution is -0.398. The predicted octanol–water partition coefficient (Wildman–Crippen LogP) is 5.09. The molecule has 0 radical (unpaired) electrons. The van der Waals surface area contributed by atoms with Crippen LogP contribution in [0.3, 0.4) is 0 Å². The van der Waals surface area contributed by atoms with Gasteiger partial charge >= 0.3 is 17.6 Å². The zero-order valence-corrected chi connectivity index (χ0v) is 22.5. The van der Waals surface area contributed by atoms with E-state index in [9.17, 15) is 0 Å². The van der Waals surface area contributed by atoms with Crippen LogP contribution in [0.2, 0.25) is 13.1 Å². The largest absolute Gasteiger partial charge is 0.474 e. The highest BCUT2D eigenvalue weighted by Crippen LogP contribution is 2.31. The van der Waals surface area contributed by atoms with E-state index >= 15 is 0 Å². The second kappa shape index (κ2) is 8.41. The number of hydrogen-bond donors (Lipinski definition) is 0. The maximum absolute atomic E-state index is 4.70. The molecule has 0 fully saturated rings. The number of aromatic nitrogens is 4. The lowest BCUT2D eigenvalue weighted by Crippen LogP contribution is -2.52. The third-order valence-electron chi connectivity index (χ3n) is 7.54. The molecule has 7 rings (SSSR count). The number of hydrogen-bond acceptors (Lipinski definition) is 3. The fraction of sp³-hybridized carbons (Fsp3) is 0.0968. The van der Waals surface area contributed by atoms with Crippen LogP contribution in [-0.2, 0) is 0 Å². The molecule has 6 nitrogen and oxygen atoms in total. The van der Waals surface area contributed by atoms with Crippen LogP contribution in [-0.4, -0.2) is 45.2 Å². The Hall–Kier alpha value is -4.71. The molecular weight excluding hydrogens is 484 g/mol. The van der Waals surface area contributed by atoms with E-state index in [1.54, 1.807) is 12.4 Å². The third kappa shape index (κ3) is 3.37. The van der Waals surface area contributed by atoms with Gasteiger partial charge < -0.3 is 0 Å². The van der Waals surface area contributed by atoms with Crippen molar-refractivity contribution in [3.8, 4) is 5.82 Å². The SMILES string of the molecule is C[N+]1=C=[N+](c2cccc([Si](C)(C)c3ccc4c5ccccc5n(-c5ccccn5)c4c3)c2)c2nccnc21. The van der Waals surface area contributed by atoms with Gasteiger partial charge in [-0.25, -0.2) is 4.98 Å². The van der Waals surface area contributed by atoms with E-state index in [4.69, 9.17) is 4.98 Å². The highest BCUT2D eigenvalue weighted by atomic mass is 28.3. The smallest absolute Gasteiger partial charge is 0.294 e. The molecule has 3 aromatic heterocycles. The lowest BCUT2D eigenvalue weighted by Gasteiger charge is -2.24. The minimum absolute atomic E-state index is 0.799. The van der Waals surface area contributed by atoms with Gasteiger partial charge in [-0.3, -0.25) is 4.57 Å². The number of para-hydroxylation sites is 1. The van der Waals surface area contributed by atoms with Crippen LogP contribution in [0.4, 0.5) is 17.3 Å². The summed E-state index contributed by atoms with van der Waals surface area (Å²) in [7, 11) is -0.124. The summed E-state index contributed by atoms with van der Waals surface area (Å²) in [4.78, 5) is 13.7. The molecule has 0 amide bonds. The molecule has 0 saturated carbocycles. The van der Waals surface area contributed by atoms with Crippen molar-refractivity contribution in [3.63, 3.8) is 0 Å². The van der Waals surface area contributed by atoms with Crippen LogP contribution in [0.5, 0.6) is 0 Å².